The molecule has 0 bridgehead atoms. The number of amidine groups is 1. The van der Waals surface area contributed by atoms with Crippen molar-refractivity contribution in [2.24, 2.45) is 16.2 Å². The molecule has 0 aromatic heterocycles. The van der Waals surface area contributed by atoms with Crippen LogP contribution in [0.4, 0.5) is 5.69 Å². The Kier molecular flexibility index (Phi) is 4.16. The highest BCUT2D eigenvalue weighted by molar-refractivity contribution is 7.90. The third kappa shape index (κ3) is 2.93. The van der Waals surface area contributed by atoms with Gasteiger partial charge in [0.1, 0.15) is 10.7 Å². The molecule has 1 aromatic rings. The number of carbonyl (C=O) groups is 2. The van der Waals surface area contributed by atoms with Crippen LogP contribution >= 0.6 is 0 Å². The first-order chi connectivity index (χ1) is 11.3. The molecule has 1 aromatic carbocycles. The normalized spacial score (nSPS) is 22.4. The lowest BCUT2D eigenvalue weighted by Gasteiger charge is -2.21. The van der Waals surface area contributed by atoms with Crippen LogP contribution in [0.1, 0.15) is 20.3 Å². The van der Waals surface area contributed by atoms with Gasteiger partial charge in [0.15, 0.2) is 11.7 Å². The summed E-state index contributed by atoms with van der Waals surface area (Å²) in [5, 5.41) is 2.84. The van der Waals surface area contributed by atoms with Gasteiger partial charge in [-0.15, -0.1) is 4.40 Å². The number of para-hydroxylation sites is 1. The van der Waals surface area contributed by atoms with E-state index in [0.29, 0.717) is 18.2 Å². The predicted octanol–water partition coefficient (Wildman–Crippen LogP) is 1.27. The number of benzene rings is 1. The van der Waals surface area contributed by atoms with E-state index in [0.717, 1.165) is 6.42 Å². The summed E-state index contributed by atoms with van der Waals surface area (Å²) >= 11 is 0. The molecule has 1 amide bonds. The molecule has 128 valence electrons. The van der Waals surface area contributed by atoms with Gasteiger partial charge in [0.05, 0.1) is 12.2 Å². The Labute approximate surface area is 140 Å². The Morgan fingerprint density at radius 2 is 2.00 bits per heavy atom. The Hall–Kier alpha value is -2.22. The number of fused-ring (bicyclic) bond motifs is 1. The summed E-state index contributed by atoms with van der Waals surface area (Å²) in [5.41, 5.74) is 0.337. The lowest BCUT2D eigenvalue weighted by molar-refractivity contribution is -0.130. The summed E-state index contributed by atoms with van der Waals surface area (Å²) in [7, 11) is -3.92. The number of likely N-dealkylation sites (tertiary alicyclic amines) is 1. The van der Waals surface area contributed by atoms with Crippen LogP contribution in [0.15, 0.2) is 33.6 Å². The Morgan fingerprint density at radius 1 is 1.29 bits per heavy atom. The lowest BCUT2D eigenvalue weighted by atomic mass is 10.1. The lowest BCUT2D eigenvalue weighted by Crippen LogP contribution is -2.37. The van der Waals surface area contributed by atoms with Crippen LogP contribution in [0.2, 0.25) is 0 Å². The molecule has 24 heavy (non-hydrogen) atoms. The molecule has 0 saturated carbocycles. The van der Waals surface area contributed by atoms with Crippen molar-refractivity contribution in [3.63, 3.8) is 0 Å². The number of rotatable bonds is 4. The number of carbonyl (C=O) groups excluding carboxylic acids is 2. The first-order valence-corrected chi connectivity index (χ1v) is 9.26. The van der Waals surface area contributed by atoms with Gasteiger partial charge in [-0.3, -0.25) is 9.59 Å². The minimum atomic E-state index is -3.92. The number of nitrogens with one attached hydrogen (secondary N) is 1. The number of Topliss-reactive ketones (excluding diaryl/α,β-unsaturated/α-hetero) is 1. The minimum Gasteiger partial charge on any atom is -0.341 e. The molecule has 1 unspecified atom stereocenters. The summed E-state index contributed by atoms with van der Waals surface area (Å²) in [6, 6.07) is 6.29. The van der Waals surface area contributed by atoms with E-state index in [1.54, 1.807) is 18.2 Å². The number of anilines is 1. The van der Waals surface area contributed by atoms with Crippen molar-refractivity contribution in [3.8, 4) is 0 Å². The molecule has 1 N–H and O–H groups in total. The maximum Gasteiger partial charge on any atom is 0.286 e. The molecule has 2 aliphatic heterocycles. The van der Waals surface area contributed by atoms with Crippen LogP contribution in [0.3, 0.4) is 0 Å². The summed E-state index contributed by atoms with van der Waals surface area (Å²) in [6.45, 7) is 4.56. The van der Waals surface area contributed by atoms with Gasteiger partial charge in [0, 0.05) is 6.54 Å². The first kappa shape index (κ1) is 16.6. The molecule has 2 aliphatic rings. The van der Waals surface area contributed by atoms with Gasteiger partial charge < -0.3 is 10.2 Å². The van der Waals surface area contributed by atoms with Crippen molar-refractivity contribution in [1.82, 2.24) is 4.90 Å². The van der Waals surface area contributed by atoms with Crippen molar-refractivity contribution in [2.75, 3.05) is 18.4 Å². The zero-order valence-corrected chi connectivity index (χ0v) is 14.3. The van der Waals surface area contributed by atoms with Gasteiger partial charge in [0.2, 0.25) is 5.91 Å². The molecular weight excluding hydrogens is 330 g/mol. The second-order valence-electron chi connectivity index (χ2n) is 6.41. The Balaban J connectivity index is 1.89. The predicted molar refractivity (Wildman–Crippen MR) is 89.2 cm³/mol. The number of amides is 1. The summed E-state index contributed by atoms with van der Waals surface area (Å²) in [4.78, 5) is 26.3. The fourth-order valence-corrected chi connectivity index (χ4v) is 3.97. The van der Waals surface area contributed by atoms with Gasteiger partial charge in [-0.05, 0) is 24.5 Å². The third-order valence-corrected chi connectivity index (χ3v) is 5.47. The quantitative estimate of drug-likeness (QED) is 0.826. The van der Waals surface area contributed by atoms with E-state index in [-0.39, 0.29) is 29.0 Å². The standard InChI is InChI=1S/C16H19N3O4S/c1-10(2)7-8-19-9-12(20)14(16(19)21)15-17-11-5-3-4-6-13(11)24(22,23)18-15/h3-6,10,14H,7-9H2,1-2H3,(H,17,18). The molecule has 1 saturated heterocycles. The van der Waals surface area contributed by atoms with E-state index in [1.807, 2.05) is 13.8 Å². The molecule has 1 fully saturated rings. The largest absolute Gasteiger partial charge is 0.341 e. The number of nitrogens with zero attached hydrogens (tertiary/aromatic N) is 2. The van der Waals surface area contributed by atoms with Crippen molar-refractivity contribution in [1.29, 1.82) is 0 Å². The summed E-state index contributed by atoms with van der Waals surface area (Å²) < 4.78 is 28.3. The SMILES string of the molecule is CC(C)CCN1CC(=O)C(C2=NS(=O)(=O)c3ccccc3N2)C1=O. The van der Waals surface area contributed by atoms with Gasteiger partial charge in [-0.2, -0.15) is 8.42 Å². The van der Waals surface area contributed by atoms with Crippen molar-refractivity contribution in [2.45, 2.75) is 25.2 Å². The maximum absolute atomic E-state index is 12.5. The summed E-state index contributed by atoms with van der Waals surface area (Å²) in [5.74, 6) is -1.58. The van der Waals surface area contributed by atoms with Crippen LogP contribution in [-0.2, 0) is 19.6 Å². The third-order valence-electron chi connectivity index (χ3n) is 4.12. The molecule has 2 heterocycles. The summed E-state index contributed by atoms with van der Waals surface area (Å²) in [6.07, 6.45) is 0.785. The second kappa shape index (κ2) is 6.01. The van der Waals surface area contributed by atoms with E-state index in [1.165, 1.54) is 11.0 Å². The average molecular weight is 349 g/mol. The fourth-order valence-electron chi connectivity index (χ4n) is 2.81. The van der Waals surface area contributed by atoms with Gasteiger partial charge in [0.25, 0.3) is 10.0 Å². The Morgan fingerprint density at radius 3 is 2.71 bits per heavy atom. The van der Waals surface area contributed by atoms with Gasteiger partial charge >= 0.3 is 0 Å². The van der Waals surface area contributed by atoms with Crippen LogP contribution in [0, 0.1) is 11.8 Å². The number of sulfonamides is 1. The molecule has 0 radical (unpaired) electrons. The van der Waals surface area contributed by atoms with E-state index in [2.05, 4.69) is 9.71 Å². The molecule has 3 rings (SSSR count). The van der Waals surface area contributed by atoms with E-state index < -0.39 is 15.9 Å². The zero-order chi connectivity index (χ0) is 17.5. The first-order valence-electron chi connectivity index (χ1n) is 7.82. The molecule has 0 spiro atoms. The van der Waals surface area contributed by atoms with Crippen molar-refractivity contribution in [3.05, 3.63) is 24.3 Å². The Bertz CT molecular complexity index is 829. The second-order valence-corrected chi connectivity index (χ2v) is 7.99. The maximum atomic E-state index is 12.5. The minimum absolute atomic E-state index is 0.00137. The highest BCUT2D eigenvalue weighted by Crippen LogP contribution is 2.30. The highest BCUT2D eigenvalue weighted by atomic mass is 32.2. The van der Waals surface area contributed by atoms with Gasteiger partial charge in [-0.25, -0.2) is 0 Å². The molecule has 0 aliphatic carbocycles. The van der Waals surface area contributed by atoms with E-state index in [9.17, 15) is 18.0 Å². The number of ketones is 1. The molecule has 8 heteroatoms. The molecular formula is C16H19N3O4S. The van der Waals surface area contributed by atoms with E-state index in [4.69, 9.17) is 0 Å². The van der Waals surface area contributed by atoms with E-state index >= 15 is 0 Å². The van der Waals surface area contributed by atoms with Crippen LogP contribution in [0.5, 0.6) is 0 Å². The van der Waals surface area contributed by atoms with Crippen LogP contribution in [-0.4, -0.2) is 43.9 Å². The average Bonchev–Trinajstić information content (AvgIpc) is 2.78. The van der Waals surface area contributed by atoms with Crippen molar-refractivity contribution < 1.29 is 18.0 Å². The monoisotopic (exact) mass is 349 g/mol. The number of hydrogen-bond acceptors (Lipinski definition) is 5. The van der Waals surface area contributed by atoms with Gasteiger partial charge in [-0.1, -0.05) is 26.0 Å². The van der Waals surface area contributed by atoms with Crippen LogP contribution in [0.25, 0.3) is 0 Å². The molecule has 7 nitrogen and oxygen atoms in total. The topological polar surface area (TPSA) is 95.9 Å². The number of hydrogen-bond donors (Lipinski definition) is 1. The molecule has 1 atom stereocenters. The highest BCUT2D eigenvalue weighted by Gasteiger charge is 2.44. The van der Waals surface area contributed by atoms with Crippen LogP contribution < -0.4 is 5.32 Å². The zero-order valence-electron chi connectivity index (χ0n) is 13.5. The fraction of sp³-hybridized carbons (Fsp3) is 0.438. The smallest absolute Gasteiger partial charge is 0.286 e. The van der Waals surface area contributed by atoms with Crippen molar-refractivity contribution >= 4 is 33.2 Å².